The van der Waals surface area contributed by atoms with Crippen LogP contribution in [0.3, 0.4) is 0 Å². The number of aromatic nitrogens is 1. The fourth-order valence-electron chi connectivity index (χ4n) is 1.42. The van der Waals surface area contributed by atoms with Gasteiger partial charge in [-0.25, -0.2) is 8.78 Å². The highest BCUT2D eigenvalue weighted by atomic mass is 19.1. The van der Waals surface area contributed by atoms with Crippen LogP contribution in [0.5, 0.6) is 5.88 Å². The van der Waals surface area contributed by atoms with E-state index in [0.29, 0.717) is 6.61 Å². The summed E-state index contributed by atoms with van der Waals surface area (Å²) in [4.78, 5) is 3.72. The Morgan fingerprint density at radius 3 is 2.65 bits per heavy atom. The zero-order valence-corrected chi connectivity index (χ0v) is 10.2. The number of anilines is 1. The Hall–Kier alpha value is -1.39. The molecule has 0 fully saturated rings. The van der Waals surface area contributed by atoms with Crippen molar-refractivity contribution in [3.05, 3.63) is 17.7 Å². The molecular weight excluding hydrogens is 226 g/mol. The number of pyridine rings is 1. The molecule has 0 aliphatic carbocycles. The van der Waals surface area contributed by atoms with Gasteiger partial charge in [0.25, 0.3) is 5.88 Å². The maximum atomic E-state index is 13.3. The summed E-state index contributed by atoms with van der Waals surface area (Å²) in [6, 6.07) is 0.778. The second kappa shape index (κ2) is 7.04. The van der Waals surface area contributed by atoms with Crippen molar-refractivity contribution < 1.29 is 13.5 Å². The molecule has 0 bridgehead atoms. The molecule has 17 heavy (non-hydrogen) atoms. The first kappa shape index (κ1) is 13.7. The molecule has 0 aliphatic heterocycles. The molecule has 1 aromatic rings. The number of nitrogens with one attached hydrogen (secondary N) is 1. The number of unbranched alkanes of at least 4 members (excludes halogenated alkanes) is 3. The minimum Gasteiger partial charge on any atom is -0.476 e. The van der Waals surface area contributed by atoms with Crippen molar-refractivity contribution in [3.8, 4) is 5.88 Å². The molecular formula is C12H18F2N2O. The van der Waals surface area contributed by atoms with Crippen molar-refractivity contribution in [2.75, 3.05) is 19.0 Å². The number of ether oxygens (including phenoxy) is 1. The van der Waals surface area contributed by atoms with Crippen molar-refractivity contribution in [1.29, 1.82) is 0 Å². The average Bonchev–Trinajstić information content (AvgIpc) is 2.31. The topological polar surface area (TPSA) is 34.1 Å². The van der Waals surface area contributed by atoms with Crippen LogP contribution in [0, 0.1) is 11.6 Å². The van der Waals surface area contributed by atoms with E-state index in [2.05, 4.69) is 17.2 Å². The molecule has 96 valence electrons. The molecule has 1 rings (SSSR count). The Kier molecular flexibility index (Phi) is 5.66. The standard InChI is InChI=1S/C12H18F2N2O/c1-3-4-5-6-7-17-12-10(14)8-9(13)11(15-2)16-12/h8H,3-7H2,1-2H3,(H,15,16). The summed E-state index contributed by atoms with van der Waals surface area (Å²) in [5.74, 6) is -1.64. The van der Waals surface area contributed by atoms with Gasteiger partial charge in [-0.15, -0.1) is 0 Å². The molecule has 1 heterocycles. The highest BCUT2D eigenvalue weighted by Gasteiger charge is 2.11. The van der Waals surface area contributed by atoms with Gasteiger partial charge in [0.05, 0.1) is 6.61 Å². The second-order valence-corrected chi connectivity index (χ2v) is 3.76. The number of halogens is 2. The summed E-state index contributed by atoms with van der Waals surface area (Å²) >= 11 is 0. The maximum absolute atomic E-state index is 13.3. The molecule has 0 aliphatic rings. The SMILES string of the molecule is CCCCCCOc1nc(NC)c(F)cc1F. The van der Waals surface area contributed by atoms with E-state index >= 15 is 0 Å². The molecule has 0 radical (unpaired) electrons. The second-order valence-electron chi connectivity index (χ2n) is 3.76. The first-order chi connectivity index (χ1) is 8.19. The third-order valence-electron chi connectivity index (χ3n) is 2.37. The van der Waals surface area contributed by atoms with Crippen LogP contribution in [-0.4, -0.2) is 18.6 Å². The summed E-state index contributed by atoms with van der Waals surface area (Å²) in [6.45, 7) is 2.51. The van der Waals surface area contributed by atoms with Crippen LogP contribution in [-0.2, 0) is 0 Å². The lowest BCUT2D eigenvalue weighted by Gasteiger charge is -2.08. The number of hydrogen-bond donors (Lipinski definition) is 1. The molecule has 0 atom stereocenters. The van der Waals surface area contributed by atoms with Gasteiger partial charge in [0, 0.05) is 13.1 Å². The Morgan fingerprint density at radius 1 is 1.24 bits per heavy atom. The molecule has 3 nitrogen and oxygen atoms in total. The Bertz CT molecular complexity index is 359. The van der Waals surface area contributed by atoms with Gasteiger partial charge < -0.3 is 10.1 Å². The van der Waals surface area contributed by atoms with Gasteiger partial charge in [-0.2, -0.15) is 4.98 Å². The molecule has 0 aromatic carbocycles. The van der Waals surface area contributed by atoms with Gasteiger partial charge in [0.2, 0.25) is 0 Å². The zero-order chi connectivity index (χ0) is 12.7. The van der Waals surface area contributed by atoms with Gasteiger partial charge in [-0.1, -0.05) is 26.2 Å². The minimum absolute atomic E-state index is 0.00467. The minimum atomic E-state index is -0.767. The van der Waals surface area contributed by atoms with Crippen LogP contribution in [0.4, 0.5) is 14.6 Å². The van der Waals surface area contributed by atoms with Crippen LogP contribution in [0.25, 0.3) is 0 Å². The number of rotatable bonds is 7. The van der Waals surface area contributed by atoms with Crippen LogP contribution in [0.1, 0.15) is 32.6 Å². The Balaban J connectivity index is 2.52. The van der Waals surface area contributed by atoms with Crippen molar-refractivity contribution in [3.63, 3.8) is 0 Å². The molecule has 1 aromatic heterocycles. The van der Waals surface area contributed by atoms with Crippen LogP contribution in [0.2, 0.25) is 0 Å². The van der Waals surface area contributed by atoms with Crippen molar-refractivity contribution in [2.24, 2.45) is 0 Å². The van der Waals surface area contributed by atoms with E-state index < -0.39 is 11.6 Å². The predicted molar refractivity (Wildman–Crippen MR) is 63.3 cm³/mol. The van der Waals surface area contributed by atoms with E-state index in [1.54, 1.807) is 0 Å². The molecule has 0 spiro atoms. The first-order valence-electron chi connectivity index (χ1n) is 5.85. The van der Waals surface area contributed by atoms with E-state index in [9.17, 15) is 8.78 Å². The Labute approximate surface area is 100 Å². The van der Waals surface area contributed by atoms with Gasteiger partial charge in [-0.3, -0.25) is 0 Å². The molecule has 0 saturated heterocycles. The van der Waals surface area contributed by atoms with Crippen LogP contribution >= 0.6 is 0 Å². The van der Waals surface area contributed by atoms with E-state index in [4.69, 9.17) is 4.74 Å². The molecule has 0 unspecified atom stereocenters. The van der Waals surface area contributed by atoms with Gasteiger partial charge in [0.1, 0.15) is 0 Å². The van der Waals surface area contributed by atoms with Crippen molar-refractivity contribution in [2.45, 2.75) is 32.6 Å². The first-order valence-corrected chi connectivity index (χ1v) is 5.85. The summed E-state index contributed by atoms with van der Waals surface area (Å²) in [6.07, 6.45) is 4.15. The molecule has 0 saturated carbocycles. The molecule has 5 heteroatoms. The highest BCUT2D eigenvalue weighted by Crippen LogP contribution is 2.20. The summed E-state index contributed by atoms with van der Waals surface area (Å²) < 4.78 is 31.6. The molecule has 0 amide bonds. The lowest BCUT2D eigenvalue weighted by Crippen LogP contribution is -2.05. The van der Waals surface area contributed by atoms with E-state index in [1.807, 2.05) is 0 Å². The third-order valence-corrected chi connectivity index (χ3v) is 2.37. The summed E-state index contributed by atoms with van der Waals surface area (Å²) in [7, 11) is 1.52. The lowest BCUT2D eigenvalue weighted by atomic mass is 10.2. The van der Waals surface area contributed by atoms with Gasteiger partial charge >= 0.3 is 0 Å². The Morgan fingerprint density at radius 2 is 2.00 bits per heavy atom. The monoisotopic (exact) mass is 244 g/mol. The van der Waals surface area contributed by atoms with Crippen LogP contribution < -0.4 is 10.1 Å². The van der Waals surface area contributed by atoms with E-state index in [-0.39, 0.29) is 11.7 Å². The lowest BCUT2D eigenvalue weighted by molar-refractivity contribution is 0.277. The quantitative estimate of drug-likeness (QED) is 0.747. The number of nitrogens with zero attached hydrogens (tertiary/aromatic N) is 1. The normalized spacial score (nSPS) is 10.4. The number of hydrogen-bond acceptors (Lipinski definition) is 3. The van der Waals surface area contributed by atoms with E-state index in [0.717, 1.165) is 31.7 Å². The van der Waals surface area contributed by atoms with Crippen molar-refractivity contribution in [1.82, 2.24) is 4.98 Å². The third kappa shape index (κ3) is 4.17. The van der Waals surface area contributed by atoms with Gasteiger partial charge in [0.15, 0.2) is 17.5 Å². The average molecular weight is 244 g/mol. The highest BCUT2D eigenvalue weighted by molar-refractivity contribution is 5.38. The largest absolute Gasteiger partial charge is 0.476 e. The summed E-state index contributed by atoms with van der Waals surface area (Å²) in [5.41, 5.74) is 0. The maximum Gasteiger partial charge on any atom is 0.252 e. The van der Waals surface area contributed by atoms with Crippen molar-refractivity contribution >= 4 is 5.82 Å². The fraction of sp³-hybridized carbons (Fsp3) is 0.583. The summed E-state index contributed by atoms with van der Waals surface area (Å²) in [5, 5.41) is 2.54. The van der Waals surface area contributed by atoms with Gasteiger partial charge in [-0.05, 0) is 6.42 Å². The van der Waals surface area contributed by atoms with E-state index in [1.165, 1.54) is 7.05 Å². The smallest absolute Gasteiger partial charge is 0.252 e. The molecule has 1 N–H and O–H groups in total. The predicted octanol–water partition coefficient (Wildman–Crippen LogP) is 3.36. The van der Waals surface area contributed by atoms with Crippen LogP contribution in [0.15, 0.2) is 6.07 Å². The fourth-order valence-corrected chi connectivity index (χ4v) is 1.42. The zero-order valence-electron chi connectivity index (χ0n) is 10.2.